The van der Waals surface area contributed by atoms with Gasteiger partial charge in [0.25, 0.3) is 0 Å². The van der Waals surface area contributed by atoms with Crippen molar-refractivity contribution in [2.75, 3.05) is 67.2 Å². The minimum absolute atomic E-state index is 0.561. The van der Waals surface area contributed by atoms with Gasteiger partial charge in [0, 0.05) is 45.5 Å². The number of morpholine rings is 1. The number of nitriles is 1. The minimum atomic E-state index is 0.561. The fourth-order valence-corrected chi connectivity index (χ4v) is 3.89. The molecular formula is C20H24ClN7O. The first kappa shape index (κ1) is 19.7. The first-order valence-electron chi connectivity index (χ1n) is 9.81. The fraction of sp³-hybridized carbons (Fsp3) is 0.500. The summed E-state index contributed by atoms with van der Waals surface area (Å²) in [5.41, 5.74) is 2.11. The number of piperazine rings is 1. The number of pyridine rings is 1. The molecule has 9 heteroatoms. The van der Waals surface area contributed by atoms with Gasteiger partial charge in [0.05, 0.1) is 29.5 Å². The van der Waals surface area contributed by atoms with Gasteiger partial charge in [0.15, 0.2) is 0 Å². The highest BCUT2D eigenvalue weighted by Crippen LogP contribution is 2.30. The lowest BCUT2D eigenvalue weighted by molar-refractivity contribution is 0.122. The maximum atomic E-state index is 9.61. The molecule has 2 aliphatic rings. The van der Waals surface area contributed by atoms with Crippen molar-refractivity contribution in [2.24, 2.45) is 0 Å². The van der Waals surface area contributed by atoms with E-state index in [0.717, 1.165) is 68.1 Å². The molecule has 0 N–H and O–H groups in total. The smallest absolute Gasteiger partial charge is 0.227 e. The lowest BCUT2D eigenvalue weighted by atomic mass is 10.1. The Labute approximate surface area is 175 Å². The molecule has 0 amide bonds. The number of rotatable bonds is 3. The Morgan fingerprint density at radius 2 is 1.69 bits per heavy atom. The number of anilines is 3. The molecule has 0 aromatic carbocycles. The molecule has 29 heavy (non-hydrogen) atoms. The van der Waals surface area contributed by atoms with Crippen molar-refractivity contribution in [3.05, 3.63) is 34.1 Å². The Balaban J connectivity index is 1.49. The van der Waals surface area contributed by atoms with Gasteiger partial charge in [-0.25, -0.2) is 9.97 Å². The fourth-order valence-electron chi connectivity index (χ4n) is 3.75. The summed E-state index contributed by atoms with van der Waals surface area (Å²) in [6, 6.07) is 4.23. The van der Waals surface area contributed by atoms with Gasteiger partial charge in [0.1, 0.15) is 17.7 Å². The second kappa shape index (κ2) is 8.39. The van der Waals surface area contributed by atoms with Gasteiger partial charge in [-0.1, -0.05) is 11.6 Å². The topological polar surface area (TPSA) is 81.4 Å². The van der Waals surface area contributed by atoms with E-state index in [-0.39, 0.29) is 0 Å². The normalized spacial score (nSPS) is 17.4. The average molecular weight is 414 g/mol. The molecule has 0 aliphatic carbocycles. The third kappa shape index (κ3) is 3.93. The maximum Gasteiger partial charge on any atom is 0.227 e. The zero-order valence-electron chi connectivity index (χ0n) is 16.7. The molecule has 8 nitrogen and oxygen atoms in total. The van der Waals surface area contributed by atoms with E-state index in [9.17, 15) is 5.26 Å². The van der Waals surface area contributed by atoms with Crippen LogP contribution >= 0.6 is 11.6 Å². The molecule has 0 saturated carbocycles. The summed E-state index contributed by atoms with van der Waals surface area (Å²) < 4.78 is 5.41. The number of ether oxygens (including phenoxy) is 1. The van der Waals surface area contributed by atoms with E-state index < -0.39 is 0 Å². The number of aryl methyl sites for hydroxylation is 1. The van der Waals surface area contributed by atoms with E-state index in [1.54, 1.807) is 0 Å². The Morgan fingerprint density at radius 3 is 2.38 bits per heavy atom. The van der Waals surface area contributed by atoms with Crippen LogP contribution in [0.2, 0.25) is 5.02 Å². The summed E-state index contributed by atoms with van der Waals surface area (Å²) in [5, 5.41) is 10.2. The van der Waals surface area contributed by atoms with E-state index in [4.69, 9.17) is 21.3 Å². The minimum Gasteiger partial charge on any atom is -0.378 e. The third-order valence-electron chi connectivity index (χ3n) is 5.46. The molecule has 2 saturated heterocycles. The molecule has 4 heterocycles. The van der Waals surface area contributed by atoms with Crippen LogP contribution in [0.25, 0.3) is 0 Å². The SMILES string of the molecule is Cc1nc(N2CCN(c3ccnc(N4CCOCC4)n3)CC2)c(C#N)c(C)c1Cl. The van der Waals surface area contributed by atoms with E-state index in [0.29, 0.717) is 23.8 Å². The second-order valence-electron chi connectivity index (χ2n) is 7.23. The van der Waals surface area contributed by atoms with Crippen molar-refractivity contribution in [2.45, 2.75) is 13.8 Å². The van der Waals surface area contributed by atoms with Crippen molar-refractivity contribution in [1.82, 2.24) is 15.0 Å². The first-order chi connectivity index (χ1) is 14.1. The highest BCUT2D eigenvalue weighted by atomic mass is 35.5. The molecule has 2 aliphatic heterocycles. The second-order valence-corrected chi connectivity index (χ2v) is 7.61. The Bertz CT molecular complexity index is 931. The summed E-state index contributed by atoms with van der Waals surface area (Å²) in [5.74, 6) is 2.41. The van der Waals surface area contributed by atoms with Crippen LogP contribution in [0.3, 0.4) is 0 Å². The van der Waals surface area contributed by atoms with Crippen molar-refractivity contribution in [3.8, 4) is 6.07 Å². The lowest BCUT2D eigenvalue weighted by Crippen LogP contribution is -2.47. The van der Waals surface area contributed by atoms with Gasteiger partial charge < -0.3 is 19.4 Å². The molecule has 0 unspecified atom stereocenters. The summed E-state index contributed by atoms with van der Waals surface area (Å²) in [4.78, 5) is 20.4. The summed E-state index contributed by atoms with van der Waals surface area (Å²) >= 11 is 6.29. The molecule has 2 aromatic heterocycles. The van der Waals surface area contributed by atoms with Crippen LogP contribution < -0.4 is 14.7 Å². The molecule has 0 spiro atoms. The van der Waals surface area contributed by atoms with Crippen LogP contribution in [0.1, 0.15) is 16.8 Å². The van der Waals surface area contributed by atoms with E-state index >= 15 is 0 Å². The van der Waals surface area contributed by atoms with E-state index in [2.05, 4.69) is 30.7 Å². The average Bonchev–Trinajstić information content (AvgIpc) is 2.78. The molecule has 4 rings (SSSR count). The van der Waals surface area contributed by atoms with Gasteiger partial charge in [0.2, 0.25) is 5.95 Å². The van der Waals surface area contributed by atoms with Gasteiger partial charge in [-0.15, -0.1) is 0 Å². The molecule has 0 bridgehead atoms. The number of hydrogen-bond donors (Lipinski definition) is 0. The van der Waals surface area contributed by atoms with Gasteiger partial charge in [-0.2, -0.15) is 10.2 Å². The van der Waals surface area contributed by atoms with Gasteiger partial charge >= 0.3 is 0 Å². The zero-order chi connectivity index (χ0) is 20.4. The van der Waals surface area contributed by atoms with E-state index in [1.807, 2.05) is 26.1 Å². The lowest BCUT2D eigenvalue weighted by Gasteiger charge is -2.37. The Morgan fingerprint density at radius 1 is 1.00 bits per heavy atom. The van der Waals surface area contributed by atoms with Crippen molar-refractivity contribution >= 4 is 29.2 Å². The van der Waals surface area contributed by atoms with Crippen molar-refractivity contribution < 1.29 is 4.74 Å². The molecule has 0 atom stereocenters. The van der Waals surface area contributed by atoms with Crippen molar-refractivity contribution in [3.63, 3.8) is 0 Å². The monoisotopic (exact) mass is 413 g/mol. The van der Waals surface area contributed by atoms with Crippen LogP contribution in [0.15, 0.2) is 12.3 Å². The maximum absolute atomic E-state index is 9.61. The molecule has 0 radical (unpaired) electrons. The summed E-state index contributed by atoms with van der Waals surface area (Å²) in [6.07, 6.45) is 1.82. The quantitative estimate of drug-likeness (QED) is 0.757. The molecular weight excluding hydrogens is 390 g/mol. The first-order valence-corrected chi connectivity index (χ1v) is 10.2. The predicted molar refractivity (Wildman–Crippen MR) is 113 cm³/mol. The number of hydrogen-bond acceptors (Lipinski definition) is 8. The van der Waals surface area contributed by atoms with Crippen LogP contribution in [0.4, 0.5) is 17.6 Å². The van der Waals surface area contributed by atoms with Gasteiger partial charge in [-0.3, -0.25) is 0 Å². The third-order valence-corrected chi connectivity index (χ3v) is 6.01. The standard InChI is InChI=1S/C20H24ClN7O/c1-14-16(13-22)19(24-15(2)18(14)21)27-7-5-26(6-8-27)17-3-4-23-20(25-17)28-9-11-29-12-10-28/h3-4H,5-12H2,1-2H3. The van der Waals surface area contributed by atoms with Crippen LogP contribution in [0, 0.1) is 25.2 Å². The molecule has 152 valence electrons. The van der Waals surface area contributed by atoms with Crippen LogP contribution in [-0.2, 0) is 4.74 Å². The van der Waals surface area contributed by atoms with Crippen LogP contribution in [-0.4, -0.2) is 67.4 Å². The number of nitrogens with zero attached hydrogens (tertiary/aromatic N) is 7. The zero-order valence-corrected chi connectivity index (χ0v) is 17.5. The van der Waals surface area contributed by atoms with Crippen molar-refractivity contribution in [1.29, 1.82) is 5.26 Å². The van der Waals surface area contributed by atoms with Crippen LogP contribution in [0.5, 0.6) is 0 Å². The highest BCUT2D eigenvalue weighted by Gasteiger charge is 2.24. The van der Waals surface area contributed by atoms with E-state index in [1.165, 1.54) is 0 Å². The Kier molecular flexibility index (Phi) is 5.69. The number of aromatic nitrogens is 3. The highest BCUT2D eigenvalue weighted by molar-refractivity contribution is 6.32. The summed E-state index contributed by atoms with van der Waals surface area (Å²) in [7, 11) is 0. The predicted octanol–water partition coefficient (Wildman–Crippen LogP) is 2.18. The summed E-state index contributed by atoms with van der Waals surface area (Å²) in [6.45, 7) is 9.93. The van der Waals surface area contributed by atoms with Gasteiger partial charge in [-0.05, 0) is 25.5 Å². The number of halogens is 1. The molecule has 2 aromatic rings. The molecule has 2 fully saturated rings. The largest absolute Gasteiger partial charge is 0.378 e. The Hall–Kier alpha value is -2.63.